The van der Waals surface area contributed by atoms with Crippen molar-refractivity contribution in [3.8, 4) is 45.5 Å². The summed E-state index contributed by atoms with van der Waals surface area (Å²) in [6.45, 7) is 0. The van der Waals surface area contributed by atoms with E-state index in [1.54, 1.807) is 0 Å². The van der Waals surface area contributed by atoms with E-state index in [1.165, 1.54) is 59.7 Å². The number of rotatable bonds is 5. The highest BCUT2D eigenvalue weighted by Gasteiger charge is 2.21. The van der Waals surface area contributed by atoms with Crippen molar-refractivity contribution >= 4 is 75.9 Å². The molecular weight excluding hydrogens is 755 g/mol. The topological polar surface area (TPSA) is 48.5 Å². The summed E-state index contributed by atoms with van der Waals surface area (Å²) >= 11 is 0. The summed E-state index contributed by atoms with van der Waals surface area (Å²) < 4.78 is 4.63. The van der Waals surface area contributed by atoms with Crippen LogP contribution < -0.4 is 0 Å². The van der Waals surface area contributed by atoms with E-state index in [0.717, 1.165) is 44.2 Å². The van der Waals surface area contributed by atoms with Crippen LogP contribution in [0.15, 0.2) is 212 Å². The maximum atomic E-state index is 5.15. The van der Waals surface area contributed by atoms with Crippen LogP contribution in [0.25, 0.3) is 121 Å². The fraction of sp³-hybridized carbons (Fsp3) is 0. The van der Waals surface area contributed by atoms with E-state index in [9.17, 15) is 0 Å². The van der Waals surface area contributed by atoms with Crippen molar-refractivity contribution in [2.24, 2.45) is 0 Å². The number of para-hydroxylation sites is 2. The van der Waals surface area contributed by atoms with Gasteiger partial charge in [-0.2, -0.15) is 9.97 Å². The molecule has 0 fully saturated rings. The van der Waals surface area contributed by atoms with Gasteiger partial charge in [-0.1, -0.05) is 170 Å². The zero-order valence-corrected chi connectivity index (χ0v) is 33.4. The molecule has 3 aromatic heterocycles. The van der Waals surface area contributed by atoms with Crippen LogP contribution in [0.5, 0.6) is 0 Å². The van der Waals surface area contributed by atoms with Gasteiger partial charge in [-0.3, -0.25) is 4.57 Å². The molecule has 0 saturated carbocycles. The molecule has 13 aromatic rings. The molecule has 3 heterocycles. The largest absolute Gasteiger partial charge is 0.309 e. The van der Waals surface area contributed by atoms with Crippen molar-refractivity contribution in [1.29, 1.82) is 0 Å². The molecule has 5 nitrogen and oxygen atoms in total. The molecule has 0 aliphatic carbocycles. The van der Waals surface area contributed by atoms with Crippen LogP contribution in [0.4, 0.5) is 0 Å². The number of benzene rings is 10. The third-order valence-electron chi connectivity index (χ3n) is 12.6. The highest BCUT2D eigenvalue weighted by Crippen LogP contribution is 2.42. The molecule has 5 heteroatoms. The Labute approximate surface area is 356 Å². The Balaban J connectivity index is 1.02. The summed E-state index contributed by atoms with van der Waals surface area (Å²) in [4.78, 5) is 15.3. The van der Waals surface area contributed by atoms with Gasteiger partial charge in [0.15, 0.2) is 11.6 Å². The fourth-order valence-corrected chi connectivity index (χ4v) is 9.83. The van der Waals surface area contributed by atoms with Gasteiger partial charge in [0.05, 0.1) is 22.1 Å². The minimum atomic E-state index is 0.581. The summed E-state index contributed by atoms with van der Waals surface area (Å²) in [7, 11) is 0. The average Bonchev–Trinajstić information content (AvgIpc) is 3.87. The van der Waals surface area contributed by atoms with Gasteiger partial charge in [-0.25, -0.2) is 4.98 Å². The molecule has 0 aliphatic heterocycles. The van der Waals surface area contributed by atoms with Crippen molar-refractivity contribution in [3.05, 3.63) is 212 Å². The summed E-state index contributed by atoms with van der Waals surface area (Å²) in [5.74, 6) is 1.85. The fourth-order valence-electron chi connectivity index (χ4n) is 9.83. The third-order valence-corrected chi connectivity index (χ3v) is 12.6. The Bertz CT molecular complexity index is 3830. The first kappa shape index (κ1) is 34.5. The van der Waals surface area contributed by atoms with E-state index in [-0.39, 0.29) is 0 Å². The molecule has 13 rings (SSSR count). The third kappa shape index (κ3) is 5.18. The van der Waals surface area contributed by atoms with E-state index >= 15 is 0 Å². The number of fused-ring (bicyclic) bond motifs is 12. The van der Waals surface area contributed by atoms with Gasteiger partial charge in [0, 0.05) is 38.4 Å². The lowest BCUT2D eigenvalue weighted by Gasteiger charge is -2.14. The van der Waals surface area contributed by atoms with Crippen LogP contribution in [0.3, 0.4) is 0 Å². The molecule has 0 aliphatic rings. The molecule has 0 amide bonds. The Morgan fingerprint density at radius 1 is 0.274 bits per heavy atom. The van der Waals surface area contributed by atoms with Crippen molar-refractivity contribution in [3.63, 3.8) is 0 Å². The molecule has 0 unspecified atom stereocenters. The molecule has 0 radical (unpaired) electrons. The van der Waals surface area contributed by atoms with Crippen LogP contribution in [0, 0.1) is 0 Å². The Morgan fingerprint density at radius 2 is 0.774 bits per heavy atom. The lowest BCUT2D eigenvalue weighted by atomic mass is 9.94. The molecule has 0 bridgehead atoms. The van der Waals surface area contributed by atoms with Gasteiger partial charge >= 0.3 is 0 Å². The summed E-state index contributed by atoms with van der Waals surface area (Å²) in [5, 5.41) is 12.3. The van der Waals surface area contributed by atoms with Crippen LogP contribution in [-0.4, -0.2) is 24.1 Å². The predicted molar refractivity (Wildman–Crippen MR) is 257 cm³/mol. The van der Waals surface area contributed by atoms with Crippen molar-refractivity contribution < 1.29 is 0 Å². The van der Waals surface area contributed by atoms with Crippen LogP contribution in [-0.2, 0) is 0 Å². The molecular formula is C57H35N5. The Morgan fingerprint density at radius 3 is 1.42 bits per heavy atom. The second-order valence-electron chi connectivity index (χ2n) is 16.0. The van der Waals surface area contributed by atoms with E-state index in [2.05, 4.69) is 161 Å². The maximum Gasteiger partial charge on any atom is 0.238 e. The monoisotopic (exact) mass is 789 g/mol. The highest BCUT2D eigenvalue weighted by atomic mass is 15.2. The van der Waals surface area contributed by atoms with Gasteiger partial charge in [0.1, 0.15) is 0 Å². The van der Waals surface area contributed by atoms with Gasteiger partial charge in [-0.05, 0) is 85.9 Å². The average molecular weight is 790 g/mol. The Hall–Kier alpha value is -8.41. The summed E-state index contributed by atoms with van der Waals surface area (Å²) in [5.41, 5.74) is 9.77. The van der Waals surface area contributed by atoms with Crippen LogP contribution in [0.1, 0.15) is 0 Å². The number of nitrogens with zero attached hydrogens (tertiary/aromatic N) is 5. The summed E-state index contributed by atoms with van der Waals surface area (Å²) in [6, 6.07) is 75.8. The molecule has 0 saturated heterocycles. The van der Waals surface area contributed by atoms with E-state index < -0.39 is 0 Å². The minimum Gasteiger partial charge on any atom is -0.309 e. The molecule has 0 N–H and O–H groups in total. The molecule has 0 spiro atoms. The quantitative estimate of drug-likeness (QED) is 0.163. The van der Waals surface area contributed by atoms with Crippen LogP contribution in [0.2, 0.25) is 0 Å². The smallest absolute Gasteiger partial charge is 0.238 e. The lowest BCUT2D eigenvalue weighted by molar-refractivity contribution is 0.953. The van der Waals surface area contributed by atoms with Gasteiger partial charge < -0.3 is 4.57 Å². The van der Waals surface area contributed by atoms with Gasteiger partial charge in [0.2, 0.25) is 5.95 Å². The van der Waals surface area contributed by atoms with Crippen molar-refractivity contribution in [2.45, 2.75) is 0 Å². The number of hydrogen-bond donors (Lipinski definition) is 0. The number of aromatic nitrogens is 5. The molecule has 288 valence electrons. The predicted octanol–water partition coefficient (Wildman–Crippen LogP) is 14.5. The Kier molecular flexibility index (Phi) is 7.54. The second kappa shape index (κ2) is 13.6. The molecule has 62 heavy (non-hydrogen) atoms. The normalized spacial score (nSPS) is 11.9. The standard InChI is InChI=1S/C57H35N5/c1-3-16-36(17-4-1)55-58-56(37-18-5-2-6-19-37)60-57(59-55)62-50-27-13-11-24-46(50)49-34-38(30-33-52(49)62)40-26-15-29-53-54(40)47-25-12-14-28-51(47)61(53)39-31-32-45-43-22-8-7-20-41(43)42-21-9-10-23-44(42)48(45)35-39/h1-35H. The highest BCUT2D eigenvalue weighted by molar-refractivity contribution is 6.26. The summed E-state index contributed by atoms with van der Waals surface area (Å²) in [6.07, 6.45) is 0. The zero-order valence-electron chi connectivity index (χ0n) is 33.4. The maximum absolute atomic E-state index is 5.15. The first-order valence-corrected chi connectivity index (χ1v) is 21.0. The number of hydrogen-bond acceptors (Lipinski definition) is 3. The second-order valence-corrected chi connectivity index (χ2v) is 16.0. The lowest BCUT2D eigenvalue weighted by Crippen LogP contribution is -2.06. The minimum absolute atomic E-state index is 0.581. The first-order valence-electron chi connectivity index (χ1n) is 21.0. The van der Waals surface area contributed by atoms with Gasteiger partial charge in [0.25, 0.3) is 0 Å². The van der Waals surface area contributed by atoms with Gasteiger partial charge in [-0.15, -0.1) is 0 Å². The van der Waals surface area contributed by atoms with Crippen molar-refractivity contribution in [2.75, 3.05) is 0 Å². The van der Waals surface area contributed by atoms with E-state index in [1.807, 2.05) is 60.7 Å². The van der Waals surface area contributed by atoms with E-state index in [0.29, 0.717) is 17.6 Å². The molecule has 10 aromatic carbocycles. The van der Waals surface area contributed by atoms with Crippen LogP contribution >= 0.6 is 0 Å². The van der Waals surface area contributed by atoms with Crippen molar-refractivity contribution in [1.82, 2.24) is 24.1 Å². The SMILES string of the molecule is c1ccc(-c2nc(-c3ccccc3)nc(-n3c4ccccc4c4cc(-c5cccc6c5c5ccccc5n6-c5ccc6c7ccccc7c7ccccc7c6c5)ccc43)n2)cc1. The zero-order chi connectivity index (χ0) is 40.7. The van der Waals surface area contributed by atoms with E-state index in [4.69, 9.17) is 15.0 Å². The molecule has 0 atom stereocenters. The first-order chi connectivity index (χ1) is 30.8.